The smallest absolute Gasteiger partial charge is 0.420 e. The molecule has 2 aromatic rings. The third kappa shape index (κ3) is 4.32. The van der Waals surface area contributed by atoms with Crippen molar-refractivity contribution >= 4 is 34.8 Å². The van der Waals surface area contributed by atoms with E-state index in [1.807, 2.05) is 27.7 Å². The quantitative estimate of drug-likeness (QED) is 0.610. The highest BCUT2D eigenvalue weighted by atomic mass is 35.5. The summed E-state index contributed by atoms with van der Waals surface area (Å²) in [7, 11) is 0. The first kappa shape index (κ1) is 21.4. The monoisotopic (exact) mass is 422 g/mol. The summed E-state index contributed by atoms with van der Waals surface area (Å²) >= 11 is 6.09. The maximum atomic E-state index is 12.9. The molecule has 1 atom stereocenters. The van der Waals surface area contributed by atoms with Crippen LogP contribution in [0.4, 0.5) is 9.59 Å². The summed E-state index contributed by atoms with van der Waals surface area (Å²) in [6, 6.07) is 1.33. The van der Waals surface area contributed by atoms with Crippen LogP contribution in [0.5, 0.6) is 0 Å². The normalized spacial score (nSPS) is 17.2. The molecule has 9 heteroatoms. The molecule has 0 N–H and O–H groups in total. The predicted molar refractivity (Wildman–Crippen MR) is 109 cm³/mol. The van der Waals surface area contributed by atoms with Gasteiger partial charge in [0.2, 0.25) is 0 Å². The van der Waals surface area contributed by atoms with Crippen molar-refractivity contribution in [3.8, 4) is 0 Å². The maximum Gasteiger partial charge on any atom is 0.420 e. The SMILES string of the molecule is CC1c2c(n(C(=O)OC(C)(C)C)c3nnc(Cl)cc23)CCN1C(=O)OC(C)(C)C. The zero-order valence-electron chi connectivity index (χ0n) is 17.9. The van der Waals surface area contributed by atoms with Crippen LogP contribution in [0.3, 0.4) is 0 Å². The Morgan fingerprint density at radius 2 is 1.66 bits per heavy atom. The number of carbonyl (C=O) groups excluding carboxylic acids is 2. The second-order valence-corrected chi connectivity index (χ2v) is 9.57. The second-order valence-electron chi connectivity index (χ2n) is 9.18. The number of hydrogen-bond acceptors (Lipinski definition) is 6. The molecule has 0 bridgehead atoms. The molecule has 1 unspecified atom stereocenters. The minimum Gasteiger partial charge on any atom is -0.444 e. The van der Waals surface area contributed by atoms with Gasteiger partial charge in [-0.15, -0.1) is 10.2 Å². The lowest BCUT2D eigenvalue weighted by Crippen LogP contribution is -2.42. The van der Waals surface area contributed by atoms with E-state index in [0.29, 0.717) is 24.0 Å². The number of amides is 1. The summed E-state index contributed by atoms with van der Waals surface area (Å²) in [5, 5.41) is 8.93. The van der Waals surface area contributed by atoms with E-state index in [4.69, 9.17) is 21.1 Å². The van der Waals surface area contributed by atoms with Gasteiger partial charge in [-0.3, -0.25) is 0 Å². The van der Waals surface area contributed by atoms with Gasteiger partial charge in [0.1, 0.15) is 11.2 Å². The molecule has 0 aliphatic carbocycles. The standard InChI is InChI=1S/C20H27ClN4O4/c1-11-15-12-10-14(21)22-23-16(12)25(18(27)29-20(5,6)7)13(15)8-9-24(11)17(26)28-19(2,3)4/h10-11H,8-9H2,1-7H3. The van der Waals surface area contributed by atoms with Gasteiger partial charge >= 0.3 is 12.2 Å². The van der Waals surface area contributed by atoms with E-state index < -0.39 is 23.4 Å². The summed E-state index contributed by atoms with van der Waals surface area (Å²) in [5.41, 5.74) is 0.657. The molecule has 1 aliphatic rings. The summed E-state index contributed by atoms with van der Waals surface area (Å²) in [6.07, 6.45) is -0.480. The van der Waals surface area contributed by atoms with Crippen molar-refractivity contribution in [3.63, 3.8) is 0 Å². The van der Waals surface area contributed by atoms with Crippen molar-refractivity contribution in [3.05, 3.63) is 22.5 Å². The fraction of sp³-hybridized carbons (Fsp3) is 0.600. The summed E-state index contributed by atoms with van der Waals surface area (Å²) in [5.74, 6) is 0. The molecule has 2 aromatic heterocycles. The number of fused-ring (bicyclic) bond motifs is 3. The van der Waals surface area contributed by atoms with Gasteiger partial charge in [0, 0.05) is 29.6 Å². The Labute approximate surface area is 175 Å². The fourth-order valence-electron chi connectivity index (χ4n) is 3.49. The first-order chi connectivity index (χ1) is 13.3. The van der Waals surface area contributed by atoms with Crippen molar-refractivity contribution in [1.82, 2.24) is 19.7 Å². The lowest BCUT2D eigenvalue weighted by molar-refractivity contribution is 0.0159. The lowest BCUT2D eigenvalue weighted by atomic mass is 9.98. The van der Waals surface area contributed by atoms with Crippen LogP contribution in [0.25, 0.3) is 11.0 Å². The van der Waals surface area contributed by atoms with Crippen LogP contribution < -0.4 is 0 Å². The zero-order chi connectivity index (χ0) is 21.7. The highest BCUT2D eigenvalue weighted by molar-refractivity contribution is 6.30. The Kier molecular flexibility index (Phi) is 5.28. The molecule has 0 aromatic carbocycles. The molecule has 0 saturated heterocycles. The van der Waals surface area contributed by atoms with Gasteiger partial charge < -0.3 is 14.4 Å². The molecule has 8 nitrogen and oxygen atoms in total. The van der Waals surface area contributed by atoms with E-state index in [1.54, 1.807) is 31.7 Å². The molecule has 29 heavy (non-hydrogen) atoms. The Hall–Kier alpha value is -2.35. The van der Waals surface area contributed by atoms with Gasteiger partial charge in [-0.05, 0) is 54.5 Å². The number of rotatable bonds is 0. The van der Waals surface area contributed by atoms with E-state index in [2.05, 4.69) is 10.2 Å². The Morgan fingerprint density at radius 1 is 1.07 bits per heavy atom. The molecule has 1 amide bonds. The number of aromatic nitrogens is 3. The van der Waals surface area contributed by atoms with Gasteiger partial charge in [0.05, 0.1) is 6.04 Å². The van der Waals surface area contributed by atoms with Crippen LogP contribution in [0.15, 0.2) is 6.07 Å². The van der Waals surface area contributed by atoms with Crippen LogP contribution in [0, 0.1) is 0 Å². The van der Waals surface area contributed by atoms with Crippen LogP contribution in [0.1, 0.15) is 65.8 Å². The third-order valence-electron chi connectivity index (χ3n) is 4.51. The summed E-state index contributed by atoms with van der Waals surface area (Å²) in [4.78, 5) is 27.3. The van der Waals surface area contributed by atoms with Gasteiger partial charge in [0.25, 0.3) is 0 Å². The Morgan fingerprint density at radius 3 is 2.24 bits per heavy atom. The number of nitrogens with zero attached hydrogens (tertiary/aromatic N) is 4. The Bertz CT molecular complexity index is 971. The van der Waals surface area contributed by atoms with Crippen LogP contribution in [-0.4, -0.2) is 49.6 Å². The minimum atomic E-state index is -0.663. The minimum absolute atomic E-state index is 0.211. The molecular weight excluding hydrogens is 396 g/mol. The molecule has 0 spiro atoms. The van der Waals surface area contributed by atoms with Crippen molar-refractivity contribution in [2.75, 3.05) is 6.54 Å². The first-order valence-electron chi connectivity index (χ1n) is 9.58. The summed E-state index contributed by atoms with van der Waals surface area (Å²) in [6.45, 7) is 13.2. The second kappa shape index (κ2) is 7.16. The van der Waals surface area contributed by atoms with E-state index in [9.17, 15) is 9.59 Å². The van der Waals surface area contributed by atoms with Crippen molar-refractivity contribution < 1.29 is 19.1 Å². The molecule has 1 aliphatic heterocycles. The van der Waals surface area contributed by atoms with Gasteiger partial charge in [-0.25, -0.2) is 14.2 Å². The van der Waals surface area contributed by atoms with Crippen molar-refractivity contribution in [1.29, 1.82) is 0 Å². The first-order valence-corrected chi connectivity index (χ1v) is 9.95. The average molecular weight is 423 g/mol. The molecule has 0 fully saturated rings. The highest BCUT2D eigenvalue weighted by Gasteiger charge is 2.37. The van der Waals surface area contributed by atoms with Gasteiger partial charge in [-0.1, -0.05) is 11.6 Å². The molecule has 0 saturated carbocycles. The maximum absolute atomic E-state index is 12.9. The van der Waals surface area contributed by atoms with Crippen molar-refractivity contribution in [2.24, 2.45) is 0 Å². The number of carbonyl (C=O) groups is 2. The van der Waals surface area contributed by atoms with E-state index in [1.165, 1.54) is 4.57 Å². The predicted octanol–water partition coefficient (Wildman–Crippen LogP) is 4.72. The largest absolute Gasteiger partial charge is 0.444 e. The lowest BCUT2D eigenvalue weighted by Gasteiger charge is -2.35. The molecule has 0 radical (unpaired) electrons. The third-order valence-corrected chi connectivity index (χ3v) is 4.69. The molecule has 3 heterocycles. The van der Waals surface area contributed by atoms with Crippen LogP contribution in [-0.2, 0) is 15.9 Å². The van der Waals surface area contributed by atoms with E-state index in [-0.39, 0.29) is 11.2 Å². The fourth-order valence-corrected chi connectivity index (χ4v) is 3.64. The van der Waals surface area contributed by atoms with Crippen molar-refractivity contribution in [2.45, 2.75) is 72.1 Å². The zero-order valence-corrected chi connectivity index (χ0v) is 18.6. The molecule has 3 rings (SSSR count). The van der Waals surface area contributed by atoms with Crippen LogP contribution in [0.2, 0.25) is 5.15 Å². The highest BCUT2D eigenvalue weighted by Crippen LogP contribution is 2.38. The van der Waals surface area contributed by atoms with E-state index in [0.717, 1.165) is 11.3 Å². The van der Waals surface area contributed by atoms with Crippen LogP contribution >= 0.6 is 11.6 Å². The van der Waals surface area contributed by atoms with Gasteiger partial charge in [-0.2, -0.15) is 0 Å². The topological polar surface area (TPSA) is 86.6 Å². The molecular formula is C20H27ClN4O4. The molecule has 158 valence electrons. The average Bonchev–Trinajstić information content (AvgIpc) is 2.86. The number of ether oxygens (including phenoxy) is 2. The number of hydrogen-bond donors (Lipinski definition) is 0. The summed E-state index contributed by atoms with van der Waals surface area (Å²) < 4.78 is 12.6. The van der Waals surface area contributed by atoms with Gasteiger partial charge in [0.15, 0.2) is 10.8 Å². The Balaban J connectivity index is 2.11. The van der Waals surface area contributed by atoms with E-state index >= 15 is 0 Å². The number of halogens is 1.